The lowest BCUT2D eigenvalue weighted by molar-refractivity contribution is -0.132. The van der Waals surface area contributed by atoms with Gasteiger partial charge in [-0.3, -0.25) is 4.79 Å². The molecule has 1 fully saturated rings. The van der Waals surface area contributed by atoms with Crippen LogP contribution >= 0.6 is 11.8 Å². The minimum atomic E-state index is 0.0824. The van der Waals surface area contributed by atoms with Gasteiger partial charge in [-0.15, -0.1) is 10.2 Å². The molecule has 0 spiro atoms. The van der Waals surface area contributed by atoms with Crippen LogP contribution < -0.4 is 5.84 Å². The molecule has 7 nitrogen and oxygen atoms in total. The van der Waals surface area contributed by atoms with Gasteiger partial charge in [-0.1, -0.05) is 11.8 Å². The standard InChI is InChI=1S/C9H15N5O2S/c1-7-11-12-9(14(7)10)17-6-8(15)13-2-4-16-5-3-13/h2-6,10H2,1H3. The molecule has 17 heavy (non-hydrogen) atoms. The fraction of sp³-hybridized carbons (Fsp3) is 0.667. The van der Waals surface area contributed by atoms with Crippen LogP contribution in [0.3, 0.4) is 0 Å². The number of nitrogens with two attached hydrogens (primary N) is 1. The number of nitrogens with zero attached hydrogens (tertiary/aromatic N) is 4. The highest BCUT2D eigenvalue weighted by molar-refractivity contribution is 7.99. The van der Waals surface area contributed by atoms with Crippen LogP contribution in [0.15, 0.2) is 5.16 Å². The van der Waals surface area contributed by atoms with Crippen molar-refractivity contribution in [2.45, 2.75) is 12.1 Å². The van der Waals surface area contributed by atoms with Crippen LogP contribution in [0.1, 0.15) is 5.82 Å². The summed E-state index contributed by atoms with van der Waals surface area (Å²) in [6, 6.07) is 0. The van der Waals surface area contributed by atoms with Gasteiger partial charge >= 0.3 is 0 Å². The van der Waals surface area contributed by atoms with Gasteiger partial charge in [0.05, 0.1) is 19.0 Å². The van der Waals surface area contributed by atoms with E-state index in [1.165, 1.54) is 16.4 Å². The van der Waals surface area contributed by atoms with E-state index in [4.69, 9.17) is 10.6 Å². The highest BCUT2D eigenvalue weighted by atomic mass is 32.2. The first-order chi connectivity index (χ1) is 8.18. The summed E-state index contributed by atoms with van der Waals surface area (Å²) in [6.45, 7) is 4.31. The first-order valence-electron chi connectivity index (χ1n) is 5.34. The summed E-state index contributed by atoms with van der Waals surface area (Å²) in [6.07, 6.45) is 0. The normalized spacial score (nSPS) is 16.2. The molecule has 0 saturated carbocycles. The highest BCUT2D eigenvalue weighted by Crippen LogP contribution is 2.15. The molecule has 0 aliphatic carbocycles. The largest absolute Gasteiger partial charge is 0.378 e. The third-order valence-electron chi connectivity index (χ3n) is 2.52. The van der Waals surface area contributed by atoms with Crippen LogP contribution in [-0.4, -0.2) is 57.7 Å². The summed E-state index contributed by atoms with van der Waals surface area (Å²) in [5, 5.41) is 8.28. The van der Waals surface area contributed by atoms with Crippen LogP contribution in [-0.2, 0) is 9.53 Å². The van der Waals surface area contributed by atoms with Gasteiger partial charge < -0.3 is 15.5 Å². The van der Waals surface area contributed by atoms with E-state index in [9.17, 15) is 4.79 Å². The number of hydrogen-bond donors (Lipinski definition) is 1. The van der Waals surface area contributed by atoms with Gasteiger partial charge in [0.15, 0.2) is 0 Å². The average Bonchev–Trinajstić information content (AvgIpc) is 2.68. The molecule has 0 unspecified atom stereocenters. The lowest BCUT2D eigenvalue weighted by Crippen LogP contribution is -2.41. The van der Waals surface area contributed by atoms with Gasteiger partial charge in [-0.05, 0) is 6.92 Å². The number of nitrogen functional groups attached to an aromatic ring is 1. The number of aromatic nitrogens is 3. The number of ether oxygens (including phenoxy) is 1. The number of rotatable bonds is 3. The minimum absolute atomic E-state index is 0.0824. The molecule has 0 bridgehead atoms. The van der Waals surface area contributed by atoms with Gasteiger partial charge in [-0.25, -0.2) is 4.68 Å². The summed E-state index contributed by atoms with van der Waals surface area (Å²) in [5.41, 5.74) is 0. The Bertz CT molecular complexity index is 402. The van der Waals surface area contributed by atoms with E-state index in [2.05, 4.69) is 10.2 Å². The fourth-order valence-electron chi connectivity index (χ4n) is 1.48. The van der Waals surface area contributed by atoms with E-state index in [-0.39, 0.29) is 5.91 Å². The lowest BCUT2D eigenvalue weighted by Gasteiger charge is -2.26. The molecule has 1 aliphatic heterocycles. The van der Waals surface area contributed by atoms with Crippen molar-refractivity contribution in [3.8, 4) is 0 Å². The second-order valence-electron chi connectivity index (χ2n) is 3.68. The lowest BCUT2D eigenvalue weighted by atomic mass is 10.4. The van der Waals surface area contributed by atoms with Gasteiger partial charge in [0.25, 0.3) is 0 Å². The van der Waals surface area contributed by atoms with Crippen molar-refractivity contribution >= 4 is 17.7 Å². The number of carbonyl (C=O) groups excluding carboxylic acids is 1. The molecule has 1 aromatic heterocycles. The third kappa shape index (κ3) is 2.89. The third-order valence-corrected chi connectivity index (χ3v) is 3.45. The molecule has 0 aromatic carbocycles. The minimum Gasteiger partial charge on any atom is -0.378 e. The Morgan fingerprint density at radius 3 is 2.76 bits per heavy atom. The van der Waals surface area contributed by atoms with Crippen molar-refractivity contribution in [2.24, 2.45) is 0 Å². The number of hydrogen-bond acceptors (Lipinski definition) is 6. The van der Waals surface area contributed by atoms with E-state index in [1.807, 2.05) is 0 Å². The highest BCUT2D eigenvalue weighted by Gasteiger charge is 2.18. The zero-order valence-electron chi connectivity index (χ0n) is 9.63. The molecule has 0 radical (unpaired) electrons. The molecule has 1 saturated heterocycles. The summed E-state index contributed by atoms with van der Waals surface area (Å²) in [7, 11) is 0. The molecule has 94 valence electrons. The molecule has 2 N–H and O–H groups in total. The predicted molar refractivity (Wildman–Crippen MR) is 63.0 cm³/mol. The number of aryl methyl sites for hydroxylation is 1. The van der Waals surface area contributed by atoms with Gasteiger partial charge in [0.1, 0.15) is 5.82 Å². The topological polar surface area (TPSA) is 86.3 Å². The zero-order chi connectivity index (χ0) is 12.3. The second-order valence-corrected chi connectivity index (χ2v) is 4.62. The Morgan fingerprint density at radius 1 is 1.47 bits per heavy atom. The monoisotopic (exact) mass is 257 g/mol. The SMILES string of the molecule is Cc1nnc(SCC(=O)N2CCOCC2)n1N. The Hall–Kier alpha value is -1.28. The van der Waals surface area contributed by atoms with Crippen molar-refractivity contribution < 1.29 is 9.53 Å². The summed E-state index contributed by atoms with van der Waals surface area (Å²) >= 11 is 1.30. The van der Waals surface area contributed by atoms with E-state index >= 15 is 0 Å². The number of carbonyl (C=O) groups is 1. The molecule has 0 atom stereocenters. The molecule has 1 amide bonds. The van der Waals surface area contributed by atoms with Crippen LogP contribution in [0, 0.1) is 6.92 Å². The van der Waals surface area contributed by atoms with Gasteiger partial charge in [0, 0.05) is 13.1 Å². The Balaban J connectivity index is 1.85. The second kappa shape index (κ2) is 5.37. The van der Waals surface area contributed by atoms with Crippen molar-refractivity contribution in [3.63, 3.8) is 0 Å². The molecular weight excluding hydrogens is 242 g/mol. The van der Waals surface area contributed by atoms with E-state index in [1.54, 1.807) is 11.8 Å². The van der Waals surface area contributed by atoms with Crippen molar-refractivity contribution in [1.82, 2.24) is 19.8 Å². The average molecular weight is 257 g/mol. The molecule has 1 aromatic rings. The van der Waals surface area contributed by atoms with Crippen LogP contribution in [0.25, 0.3) is 0 Å². The van der Waals surface area contributed by atoms with Crippen molar-refractivity contribution in [3.05, 3.63) is 5.82 Å². The van der Waals surface area contributed by atoms with E-state index in [0.717, 1.165) is 0 Å². The van der Waals surface area contributed by atoms with Crippen LogP contribution in [0.2, 0.25) is 0 Å². The van der Waals surface area contributed by atoms with Crippen molar-refractivity contribution in [1.29, 1.82) is 0 Å². The van der Waals surface area contributed by atoms with Gasteiger partial charge in [-0.2, -0.15) is 0 Å². The van der Waals surface area contributed by atoms with Crippen LogP contribution in [0.5, 0.6) is 0 Å². The smallest absolute Gasteiger partial charge is 0.233 e. The molecule has 2 rings (SSSR count). The fourth-order valence-corrected chi connectivity index (χ4v) is 2.28. The summed E-state index contributed by atoms with van der Waals surface area (Å²) in [5.74, 6) is 6.74. The zero-order valence-corrected chi connectivity index (χ0v) is 10.4. The Morgan fingerprint density at radius 2 is 2.18 bits per heavy atom. The first-order valence-corrected chi connectivity index (χ1v) is 6.32. The predicted octanol–water partition coefficient (Wildman–Crippen LogP) is -0.749. The summed E-state index contributed by atoms with van der Waals surface area (Å²) < 4.78 is 6.57. The quantitative estimate of drug-likeness (QED) is 0.566. The molecule has 8 heteroatoms. The van der Waals surface area contributed by atoms with Crippen molar-refractivity contribution in [2.75, 3.05) is 37.9 Å². The number of thioether (sulfide) groups is 1. The maximum Gasteiger partial charge on any atom is 0.233 e. The maximum atomic E-state index is 11.8. The molecule has 2 heterocycles. The summed E-state index contributed by atoms with van der Waals surface area (Å²) in [4.78, 5) is 13.6. The Kier molecular flexibility index (Phi) is 3.85. The molecular formula is C9H15N5O2S. The number of amides is 1. The first kappa shape index (κ1) is 12.2. The van der Waals surface area contributed by atoms with E-state index in [0.29, 0.717) is 43.0 Å². The Labute approximate surface area is 103 Å². The van der Waals surface area contributed by atoms with Gasteiger partial charge in [0.2, 0.25) is 11.1 Å². The van der Waals surface area contributed by atoms with E-state index < -0.39 is 0 Å². The maximum absolute atomic E-state index is 11.8. The van der Waals surface area contributed by atoms with Crippen LogP contribution in [0.4, 0.5) is 0 Å². The molecule has 1 aliphatic rings. The number of morpholine rings is 1.